The standard InChI is InChI=1S/C24H23NO5/c1-28-20-14-22(30-3)21(29-2)13-17(20)15-25-24(27)19-12-8-7-11-18(19)23(26)16-9-5-4-6-10-16/h4-14H,15H2,1-3H3,(H,25,27). The molecule has 0 fully saturated rings. The fourth-order valence-corrected chi connectivity index (χ4v) is 3.13. The lowest BCUT2D eigenvalue weighted by Gasteiger charge is -2.15. The first kappa shape index (κ1) is 20.9. The van der Waals surface area contributed by atoms with Crippen LogP contribution in [-0.4, -0.2) is 33.0 Å². The summed E-state index contributed by atoms with van der Waals surface area (Å²) in [5.74, 6) is 1.06. The third-order valence-corrected chi connectivity index (χ3v) is 4.68. The van der Waals surface area contributed by atoms with Gasteiger partial charge in [0.1, 0.15) is 5.75 Å². The van der Waals surface area contributed by atoms with Gasteiger partial charge in [0.25, 0.3) is 5.91 Å². The molecule has 0 aliphatic rings. The highest BCUT2D eigenvalue weighted by atomic mass is 16.5. The van der Waals surface area contributed by atoms with Crippen LogP contribution in [0.3, 0.4) is 0 Å². The van der Waals surface area contributed by atoms with Crippen molar-refractivity contribution in [2.45, 2.75) is 6.54 Å². The minimum absolute atomic E-state index is 0.191. The Morgan fingerprint density at radius 2 is 1.30 bits per heavy atom. The number of hydrogen-bond donors (Lipinski definition) is 1. The smallest absolute Gasteiger partial charge is 0.252 e. The Bertz CT molecular complexity index is 1050. The van der Waals surface area contributed by atoms with Crippen LogP contribution in [0.2, 0.25) is 0 Å². The molecule has 0 bridgehead atoms. The molecule has 3 aromatic rings. The van der Waals surface area contributed by atoms with Crippen molar-refractivity contribution in [2.24, 2.45) is 0 Å². The lowest BCUT2D eigenvalue weighted by Crippen LogP contribution is -2.25. The predicted octanol–water partition coefficient (Wildman–Crippen LogP) is 3.87. The minimum atomic E-state index is -0.355. The summed E-state index contributed by atoms with van der Waals surface area (Å²) in [6.45, 7) is 0.191. The van der Waals surface area contributed by atoms with E-state index in [4.69, 9.17) is 14.2 Å². The van der Waals surface area contributed by atoms with Gasteiger partial charge in [0.05, 0.1) is 26.9 Å². The molecule has 0 unspecified atom stereocenters. The molecule has 0 aromatic heterocycles. The van der Waals surface area contributed by atoms with Gasteiger partial charge >= 0.3 is 0 Å². The molecule has 3 rings (SSSR count). The molecule has 0 saturated heterocycles. The van der Waals surface area contributed by atoms with Gasteiger partial charge in [-0.05, 0) is 12.1 Å². The van der Waals surface area contributed by atoms with E-state index in [-0.39, 0.29) is 18.2 Å². The molecule has 0 aliphatic heterocycles. The fourth-order valence-electron chi connectivity index (χ4n) is 3.13. The van der Waals surface area contributed by atoms with E-state index in [0.717, 1.165) is 5.56 Å². The van der Waals surface area contributed by atoms with Crippen LogP contribution in [0.1, 0.15) is 31.8 Å². The van der Waals surface area contributed by atoms with E-state index in [1.165, 1.54) is 7.11 Å². The second kappa shape index (κ2) is 9.60. The van der Waals surface area contributed by atoms with Crippen LogP contribution in [-0.2, 0) is 6.54 Å². The summed E-state index contributed by atoms with van der Waals surface area (Å²) < 4.78 is 16.0. The average molecular weight is 405 g/mol. The molecule has 6 heteroatoms. The first-order chi connectivity index (χ1) is 14.6. The third-order valence-electron chi connectivity index (χ3n) is 4.68. The molecular weight excluding hydrogens is 382 g/mol. The summed E-state index contributed by atoms with van der Waals surface area (Å²) in [4.78, 5) is 25.8. The van der Waals surface area contributed by atoms with Crippen LogP contribution in [0.4, 0.5) is 0 Å². The number of carbonyl (C=O) groups excluding carboxylic acids is 2. The highest BCUT2D eigenvalue weighted by Gasteiger charge is 2.19. The Balaban J connectivity index is 1.84. The monoisotopic (exact) mass is 405 g/mol. The molecule has 1 N–H and O–H groups in total. The van der Waals surface area contributed by atoms with Gasteiger partial charge in [-0.15, -0.1) is 0 Å². The van der Waals surface area contributed by atoms with E-state index in [0.29, 0.717) is 33.9 Å². The van der Waals surface area contributed by atoms with Gasteiger partial charge < -0.3 is 19.5 Å². The molecule has 154 valence electrons. The lowest BCUT2D eigenvalue weighted by molar-refractivity contribution is 0.0939. The van der Waals surface area contributed by atoms with Gasteiger partial charge in [-0.1, -0.05) is 48.5 Å². The maximum atomic E-state index is 12.9. The van der Waals surface area contributed by atoms with Crippen molar-refractivity contribution in [2.75, 3.05) is 21.3 Å². The van der Waals surface area contributed by atoms with Gasteiger partial charge in [-0.25, -0.2) is 0 Å². The molecule has 0 spiro atoms. The Morgan fingerprint density at radius 1 is 0.733 bits per heavy atom. The topological polar surface area (TPSA) is 73.9 Å². The van der Waals surface area contributed by atoms with Gasteiger partial charge in [0.2, 0.25) is 0 Å². The predicted molar refractivity (Wildman–Crippen MR) is 114 cm³/mol. The molecule has 0 saturated carbocycles. The summed E-state index contributed by atoms with van der Waals surface area (Å²) in [6.07, 6.45) is 0. The van der Waals surface area contributed by atoms with Crippen LogP contribution in [0, 0.1) is 0 Å². The molecule has 6 nitrogen and oxygen atoms in total. The molecule has 1 amide bonds. The van der Waals surface area contributed by atoms with Gasteiger partial charge in [0, 0.05) is 29.3 Å². The lowest BCUT2D eigenvalue weighted by atomic mass is 9.98. The van der Waals surface area contributed by atoms with Crippen LogP contribution in [0.25, 0.3) is 0 Å². The molecule has 30 heavy (non-hydrogen) atoms. The number of amides is 1. The Labute approximate surface area is 175 Å². The maximum absolute atomic E-state index is 12.9. The maximum Gasteiger partial charge on any atom is 0.252 e. The number of ketones is 1. The number of hydrogen-bond acceptors (Lipinski definition) is 5. The van der Waals surface area contributed by atoms with Crippen molar-refractivity contribution in [3.05, 3.63) is 89.0 Å². The molecule has 0 aliphatic carbocycles. The molecule has 0 heterocycles. The van der Waals surface area contributed by atoms with Gasteiger partial charge in [-0.2, -0.15) is 0 Å². The van der Waals surface area contributed by atoms with Crippen molar-refractivity contribution in [3.63, 3.8) is 0 Å². The summed E-state index contributed by atoms with van der Waals surface area (Å²) in [7, 11) is 4.62. The van der Waals surface area contributed by atoms with Crippen LogP contribution < -0.4 is 19.5 Å². The first-order valence-corrected chi connectivity index (χ1v) is 9.35. The van der Waals surface area contributed by atoms with E-state index in [1.807, 2.05) is 6.07 Å². The molecule has 3 aromatic carbocycles. The number of benzene rings is 3. The number of carbonyl (C=O) groups is 2. The number of nitrogens with one attached hydrogen (secondary N) is 1. The van der Waals surface area contributed by atoms with E-state index >= 15 is 0 Å². The molecular formula is C24H23NO5. The average Bonchev–Trinajstić information content (AvgIpc) is 2.81. The zero-order chi connectivity index (χ0) is 21.5. The van der Waals surface area contributed by atoms with Crippen molar-refractivity contribution >= 4 is 11.7 Å². The number of methoxy groups -OCH3 is 3. The SMILES string of the molecule is COc1cc(OC)c(OC)cc1CNC(=O)c1ccccc1C(=O)c1ccccc1. The van der Waals surface area contributed by atoms with E-state index in [2.05, 4.69) is 5.32 Å². The normalized spacial score (nSPS) is 10.2. The zero-order valence-electron chi connectivity index (χ0n) is 17.1. The number of ether oxygens (including phenoxy) is 3. The molecule has 0 radical (unpaired) electrons. The Kier molecular flexibility index (Phi) is 6.70. The van der Waals surface area contributed by atoms with Gasteiger partial charge in [0.15, 0.2) is 17.3 Å². The second-order valence-corrected chi connectivity index (χ2v) is 6.44. The summed E-state index contributed by atoms with van der Waals surface area (Å²) in [5.41, 5.74) is 1.90. The minimum Gasteiger partial charge on any atom is -0.496 e. The van der Waals surface area contributed by atoms with Crippen LogP contribution in [0.5, 0.6) is 17.2 Å². The highest BCUT2D eigenvalue weighted by molar-refractivity contribution is 6.15. The highest BCUT2D eigenvalue weighted by Crippen LogP contribution is 2.34. The Morgan fingerprint density at radius 3 is 1.93 bits per heavy atom. The largest absolute Gasteiger partial charge is 0.496 e. The summed E-state index contributed by atoms with van der Waals surface area (Å²) in [6, 6.07) is 19.1. The van der Waals surface area contributed by atoms with E-state index < -0.39 is 0 Å². The van der Waals surface area contributed by atoms with Crippen LogP contribution >= 0.6 is 0 Å². The van der Waals surface area contributed by atoms with E-state index in [1.54, 1.807) is 74.9 Å². The zero-order valence-corrected chi connectivity index (χ0v) is 17.1. The third kappa shape index (κ3) is 4.43. The van der Waals surface area contributed by atoms with Gasteiger partial charge in [-0.3, -0.25) is 9.59 Å². The number of rotatable bonds is 8. The van der Waals surface area contributed by atoms with Crippen molar-refractivity contribution < 1.29 is 23.8 Å². The van der Waals surface area contributed by atoms with Crippen molar-refractivity contribution in [3.8, 4) is 17.2 Å². The van der Waals surface area contributed by atoms with Crippen molar-refractivity contribution in [1.82, 2.24) is 5.32 Å². The fraction of sp³-hybridized carbons (Fsp3) is 0.167. The van der Waals surface area contributed by atoms with Crippen LogP contribution in [0.15, 0.2) is 66.7 Å². The van der Waals surface area contributed by atoms with E-state index in [9.17, 15) is 9.59 Å². The van der Waals surface area contributed by atoms with Crippen molar-refractivity contribution in [1.29, 1.82) is 0 Å². The summed E-state index contributed by atoms with van der Waals surface area (Å²) in [5, 5.41) is 2.86. The molecule has 0 atom stereocenters. The first-order valence-electron chi connectivity index (χ1n) is 9.35. The quantitative estimate of drug-likeness (QED) is 0.576. The Hall–Kier alpha value is -3.80. The second-order valence-electron chi connectivity index (χ2n) is 6.44. The summed E-state index contributed by atoms with van der Waals surface area (Å²) >= 11 is 0.